The second-order valence-electron chi connectivity index (χ2n) is 5.40. The van der Waals surface area contributed by atoms with E-state index in [1.807, 2.05) is 41.3 Å². The molecule has 114 valence electrons. The van der Waals surface area contributed by atoms with Crippen molar-refractivity contribution in [2.24, 2.45) is 5.84 Å². The summed E-state index contributed by atoms with van der Waals surface area (Å²) in [6.45, 7) is 1.28. The van der Waals surface area contributed by atoms with Crippen molar-refractivity contribution in [1.29, 1.82) is 0 Å². The Morgan fingerprint density at radius 3 is 2.86 bits per heavy atom. The number of benzene rings is 1. The zero-order valence-electron chi connectivity index (χ0n) is 12.3. The predicted molar refractivity (Wildman–Crippen MR) is 83.7 cm³/mol. The van der Waals surface area contributed by atoms with Crippen LogP contribution >= 0.6 is 0 Å². The van der Waals surface area contributed by atoms with E-state index < -0.39 is 0 Å². The zero-order chi connectivity index (χ0) is 15.4. The first-order valence-corrected chi connectivity index (χ1v) is 7.40. The standard InChI is InChI=1S/C16H19N5O/c17-18-15-10-13-11-21(9-8-14(13)19-20-15)16(22)7-6-12-4-2-1-3-5-12/h1-5,10H,6-9,11,17H2,(H,18,20). The molecule has 22 heavy (non-hydrogen) atoms. The average molecular weight is 297 g/mol. The van der Waals surface area contributed by atoms with E-state index in [0.29, 0.717) is 25.3 Å². The fourth-order valence-corrected chi connectivity index (χ4v) is 2.67. The number of hydrazine groups is 1. The Hall–Kier alpha value is -2.47. The number of hydrogen-bond donors (Lipinski definition) is 2. The van der Waals surface area contributed by atoms with Crippen molar-refractivity contribution in [2.45, 2.75) is 25.8 Å². The van der Waals surface area contributed by atoms with Crippen LogP contribution in [0.5, 0.6) is 0 Å². The Morgan fingerprint density at radius 1 is 1.27 bits per heavy atom. The maximum atomic E-state index is 12.4. The molecule has 3 N–H and O–H groups in total. The number of carbonyl (C=O) groups is 1. The first kappa shape index (κ1) is 14.5. The monoisotopic (exact) mass is 297 g/mol. The Bertz CT molecular complexity index is 659. The number of hydrogen-bond acceptors (Lipinski definition) is 5. The minimum atomic E-state index is 0.175. The highest BCUT2D eigenvalue weighted by atomic mass is 16.2. The molecular formula is C16H19N5O. The molecule has 1 aromatic carbocycles. The molecule has 2 heterocycles. The topological polar surface area (TPSA) is 84.1 Å². The van der Waals surface area contributed by atoms with Crippen molar-refractivity contribution >= 4 is 11.7 Å². The number of rotatable bonds is 4. The van der Waals surface area contributed by atoms with E-state index in [2.05, 4.69) is 15.6 Å². The van der Waals surface area contributed by atoms with Crippen molar-refractivity contribution in [3.05, 3.63) is 53.2 Å². The Balaban J connectivity index is 1.62. The molecule has 1 aliphatic rings. The van der Waals surface area contributed by atoms with Gasteiger partial charge in [-0.15, -0.1) is 5.10 Å². The molecule has 1 aliphatic heterocycles. The first-order valence-electron chi connectivity index (χ1n) is 7.40. The lowest BCUT2D eigenvalue weighted by Gasteiger charge is -2.28. The SMILES string of the molecule is NNc1cc2c(nn1)CCN(C(=O)CCc1ccccc1)C2. The van der Waals surface area contributed by atoms with E-state index in [9.17, 15) is 4.79 Å². The molecule has 0 fully saturated rings. The van der Waals surface area contributed by atoms with Crippen molar-refractivity contribution in [3.8, 4) is 0 Å². The van der Waals surface area contributed by atoms with E-state index in [1.165, 1.54) is 5.56 Å². The predicted octanol–water partition coefficient (Wildman–Crippen LogP) is 1.28. The van der Waals surface area contributed by atoms with Crippen LogP contribution in [-0.2, 0) is 24.2 Å². The largest absolute Gasteiger partial charge is 0.338 e. The molecule has 0 radical (unpaired) electrons. The number of carbonyl (C=O) groups excluding carboxylic acids is 1. The highest BCUT2D eigenvalue weighted by molar-refractivity contribution is 5.76. The van der Waals surface area contributed by atoms with Crippen LogP contribution in [0.15, 0.2) is 36.4 Å². The molecule has 0 unspecified atom stereocenters. The van der Waals surface area contributed by atoms with Gasteiger partial charge in [-0.1, -0.05) is 30.3 Å². The van der Waals surface area contributed by atoms with E-state index in [0.717, 1.165) is 24.1 Å². The van der Waals surface area contributed by atoms with Crippen LogP contribution < -0.4 is 11.3 Å². The summed E-state index contributed by atoms with van der Waals surface area (Å²) in [5.41, 5.74) is 5.65. The summed E-state index contributed by atoms with van der Waals surface area (Å²) < 4.78 is 0. The van der Waals surface area contributed by atoms with Crippen molar-refractivity contribution in [2.75, 3.05) is 12.0 Å². The van der Waals surface area contributed by atoms with Gasteiger partial charge in [0.25, 0.3) is 0 Å². The highest BCUT2D eigenvalue weighted by Crippen LogP contribution is 2.19. The number of nitrogens with two attached hydrogens (primary N) is 1. The van der Waals surface area contributed by atoms with Gasteiger partial charge >= 0.3 is 0 Å². The third kappa shape index (κ3) is 3.23. The Labute approximate surface area is 129 Å². The zero-order valence-corrected chi connectivity index (χ0v) is 12.3. The number of amides is 1. The Kier molecular flexibility index (Phi) is 4.29. The lowest BCUT2D eigenvalue weighted by molar-refractivity contribution is -0.132. The van der Waals surface area contributed by atoms with E-state index >= 15 is 0 Å². The van der Waals surface area contributed by atoms with Crippen molar-refractivity contribution in [1.82, 2.24) is 15.1 Å². The van der Waals surface area contributed by atoms with Gasteiger partial charge in [0, 0.05) is 25.9 Å². The summed E-state index contributed by atoms with van der Waals surface area (Å²) in [5, 5.41) is 8.11. The summed E-state index contributed by atoms with van der Waals surface area (Å²) >= 11 is 0. The quantitative estimate of drug-likeness (QED) is 0.656. The molecule has 0 atom stereocenters. The summed E-state index contributed by atoms with van der Waals surface area (Å²) in [6, 6.07) is 11.9. The number of anilines is 1. The third-order valence-corrected chi connectivity index (χ3v) is 3.91. The molecule has 6 heteroatoms. The van der Waals surface area contributed by atoms with Gasteiger partial charge in [0.1, 0.15) is 0 Å². The number of nitrogens with one attached hydrogen (secondary N) is 1. The van der Waals surface area contributed by atoms with Gasteiger partial charge in [-0.05, 0) is 23.6 Å². The molecule has 1 amide bonds. The normalized spacial score (nSPS) is 13.6. The molecule has 0 saturated heterocycles. The number of aryl methyl sites for hydroxylation is 1. The smallest absolute Gasteiger partial charge is 0.223 e. The van der Waals surface area contributed by atoms with Gasteiger partial charge in [-0.25, -0.2) is 5.84 Å². The molecule has 3 rings (SSSR count). The summed E-state index contributed by atoms with van der Waals surface area (Å²) in [6.07, 6.45) is 2.04. The molecule has 0 spiro atoms. The van der Waals surface area contributed by atoms with Crippen molar-refractivity contribution in [3.63, 3.8) is 0 Å². The second-order valence-corrected chi connectivity index (χ2v) is 5.40. The third-order valence-electron chi connectivity index (χ3n) is 3.91. The van der Waals surface area contributed by atoms with Crippen molar-refractivity contribution < 1.29 is 4.79 Å². The average Bonchev–Trinajstić information content (AvgIpc) is 2.59. The Morgan fingerprint density at radius 2 is 2.09 bits per heavy atom. The lowest BCUT2D eigenvalue weighted by atomic mass is 10.0. The van der Waals surface area contributed by atoms with E-state index in [1.54, 1.807) is 0 Å². The number of fused-ring (bicyclic) bond motifs is 1. The number of nitrogens with zero attached hydrogens (tertiary/aromatic N) is 3. The molecular weight excluding hydrogens is 278 g/mol. The maximum Gasteiger partial charge on any atom is 0.223 e. The lowest BCUT2D eigenvalue weighted by Crippen LogP contribution is -2.36. The fourth-order valence-electron chi connectivity index (χ4n) is 2.67. The van der Waals surface area contributed by atoms with Crippen LogP contribution in [-0.4, -0.2) is 27.5 Å². The number of nitrogen functional groups attached to an aromatic ring is 1. The van der Waals surface area contributed by atoms with Crippen LogP contribution in [0.2, 0.25) is 0 Å². The number of aromatic nitrogens is 2. The van der Waals surface area contributed by atoms with Gasteiger partial charge in [-0.3, -0.25) is 4.79 Å². The summed E-state index contributed by atoms with van der Waals surface area (Å²) in [4.78, 5) is 14.3. The fraction of sp³-hybridized carbons (Fsp3) is 0.312. The van der Waals surface area contributed by atoms with Gasteiger partial charge in [-0.2, -0.15) is 5.10 Å². The van der Waals surface area contributed by atoms with Gasteiger partial charge in [0.05, 0.1) is 5.69 Å². The minimum Gasteiger partial charge on any atom is -0.338 e. The molecule has 2 aromatic rings. The van der Waals surface area contributed by atoms with Gasteiger partial charge < -0.3 is 10.3 Å². The molecule has 0 aliphatic carbocycles. The van der Waals surface area contributed by atoms with E-state index in [-0.39, 0.29) is 5.91 Å². The van der Waals surface area contributed by atoms with Crippen LogP contribution in [0, 0.1) is 0 Å². The first-order chi connectivity index (χ1) is 10.8. The highest BCUT2D eigenvalue weighted by Gasteiger charge is 2.22. The van der Waals surface area contributed by atoms with Crippen LogP contribution in [0.3, 0.4) is 0 Å². The molecule has 0 bridgehead atoms. The van der Waals surface area contributed by atoms with Crippen LogP contribution in [0.1, 0.15) is 23.2 Å². The molecule has 0 saturated carbocycles. The second kappa shape index (κ2) is 6.53. The van der Waals surface area contributed by atoms with Gasteiger partial charge in [0.2, 0.25) is 5.91 Å². The summed E-state index contributed by atoms with van der Waals surface area (Å²) in [7, 11) is 0. The minimum absolute atomic E-state index is 0.175. The molecule has 6 nitrogen and oxygen atoms in total. The van der Waals surface area contributed by atoms with Crippen LogP contribution in [0.4, 0.5) is 5.82 Å². The van der Waals surface area contributed by atoms with E-state index in [4.69, 9.17) is 5.84 Å². The summed E-state index contributed by atoms with van der Waals surface area (Å²) in [5.74, 6) is 6.06. The van der Waals surface area contributed by atoms with Gasteiger partial charge in [0.15, 0.2) is 5.82 Å². The van der Waals surface area contributed by atoms with Crippen LogP contribution in [0.25, 0.3) is 0 Å². The molecule has 1 aromatic heterocycles. The maximum absolute atomic E-state index is 12.4.